The monoisotopic (exact) mass is 179 g/mol. The molecule has 0 saturated carbocycles. The molecule has 2 N–H and O–H groups in total. The number of rotatable bonds is 4. The number of ether oxygens (including phenoxy) is 1. The molecule has 0 atom stereocenters. The van der Waals surface area contributed by atoms with Gasteiger partial charge in [0.1, 0.15) is 0 Å². The predicted molar refractivity (Wildman–Crippen MR) is 50.4 cm³/mol. The maximum Gasteiger partial charge on any atom is 0.219 e. The van der Waals surface area contributed by atoms with Gasteiger partial charge in [0.2, 0.25) is 4.38 Å². The van der Waals surface area contributed by atoms with E-state index < -0.39 is 0 Å². The van der Waals surface area contributed by atoms with Crippen LogP contribution >= 0.6 is 24.0 Å². The van der Waals surface area contributed by atoms with E-state index in [4.69, 9.17) is 22.7 Å². The van der Waals surface area contributed by atoms with Gasteiger partial charge >= 0.3 is 0 Å². The van der Waals surface area contributed by atoms with Crippen molar-refractivity contribution in [2.24, 2.45) is 5.73 Å². The van der Waals surface area contributed by atoms with Crippen LogP contribution in [0.2, 0.25) is 0 Å². The third kappa shape index (κ3) is 6.32. The molecular weight excluding hydrogens is 166 g/mol. The van der Waals surface area contributed by atoms with E-state index in [1.807, 2.05) is 6.92 Å². The molecular formula is C6H13NOS2. The minimum Gasteiger partial charge on any atom is -0.479 e. The summed E-state index contributed by atoms with van der Waals surface area (Å²) in [7, 11) is 0. The molecule has 0 aliphatic heterocycles. The molecule has 4 heteroatoms. The molecule has 0 spiro atoms. The van der Waals surface area contributed by atoms with E-state index in [0.717, 1.165) is 18.7 Å². The fourth-order valence-corrected chi connectivity index (χ4v) is 1.45. The molecule has 0 amide bonds. The van der Waals surface area contributed by atoms with Gasteiger partial charge in [-0.2, -0.15) is 0 Å². The molecule has 10 heavy (non-hydrogen) atoms. The lowest BCUT2D eigenvalue weighted by Gasteiger charge is -2.01. The van der Waals surface area contributed by atoms with Crippen LogP contribution in [-0.2, 0) is 4.74 Å². The van der Waals surface area contributed by atoms with Crippen LogP contribution in [0.5, 0.6) is 0 Å². The van der Waals surface area contributed by atoms with Crippen molar-refractivity contribution in [2.45, 2.75) is 13.3 Å². The van der Waals surface area contributed by atoms with Crippen molar-refractivity contribution in [1.29, 1.82) is 0 Å². The summed E-state index contributed by atoms with van der Waals surface area (Å²) in [5.41, 5.74) is 5.29. The van der Waals surface area contributed by atoms with Gasteiger partial charge in [-0.15, -0.1) is 0 Å². The Balaban J connectivity index is 3.05. The van der Waals surface area contributed by atoms with E-state index in [1.165, 1.54) is 0 Å². The Morgan fingerprint density at radius 1 is 1.70 bits per heavy atom. The Hall–Kier alpha value is 0.200. The van der Waals surface area contributed by atoms with Crippen LogP contribution in [-0.4, -0.2) is 23.3 Å². The summed E-state index contributed by atoms with van der Waals surface area (Å²) in [6.07, 6.45) is 0.998. The summed E-state index contributed by atoms with van der Waals surface area (Å²) >= 11 is 6.42. The number of hydrogen-bond donors (Lipinski definition) is 1. The number of thiocarbonyl (C=S) groups is 1. The zero-order chi connectivity index (χ0) is 7.82. The van der Waals surface area contributed by atoms with Crippen LogP contribution in [0.25, 0.3) is 0 Å². The molecule has 0 bridgehead atoms. The highest BCUT2D eigenvalue weighted by molar-refractivity contribution is 8.22. The van der Waals surface area contributed by atoms with E-state index in [9.17, 15) is 0 Å². The van der Waals surface area contributed by atoms with Crippen molar-refractivity contribution in [3.05, 3.63) is 0 Å². The Morgan fingerprint density at radius 2 is 2.40 bits per heavy atom. The topological polar surface area (TPSA) is 35.2 Å². The molecule has 0 aromatic heterocycles. The summed E-state index contributed by atoms with van der Waals surface area (Å²) in [5.74, 6) is 0.968. The van der Waals surface area contributed by atoms with E-state index in [-0.39, 0.29) is 0 Å². The van der Waals surface area contributed by atoms with Crippen molar-refractivity contribution in [3.63, 3.8) is 0 Å². The van der Waals surface area contributed by atoms with Gasteiger partial charge in [0, 0.05) is 5.75 Å². The van der Waals surface area contributed by atoms with Crippen molar-refractivity contribution >= 4 is 28.4 Å². The first-order valence-corrected chi connectivity index (χ1v) is 4.70. The number of nitrogens with two attached hydrogens (primary N) is 1. The van der Waals surface area contributed by atoms with Gasteiger partial charge < -0.3 is 10.5 Å². The van der Waals surface area contributed by atoms with Crippen LogP contribution in [0.15, 0.2) is 0 Å². The average Bonchev–Trinajstić information content (AvgIpc) is 1.89. The second kappa shape index (κ2) is 7.31. The fraction of sp³-hybridized carbons (Fsp3) is 0.833. The van der Waals surface area contributed by atoms with Crippen molar-refractivity contribution < 1.29 is 4.74 Å². The van der Waals surface area contributed by atoms with E-state index >= 15 is 0 Å². The van der Waals surface area contributed by atoms with E-state index in [1.54, 1.807) is 11.8 Å². The van der Waals surface area contributed by atoms with Crippen molar-refractivity contribution in [1.82, 2.24) is 0 Å². The summed E-state index contributed by atoms with van der Waals surface area (Å²) in [5, 5.41) is 0. The maximum absolute atomic E-state index is 5.29. The lowest BCUT2D eigenvalue weighted by atomic mass is 10.5. The Bertz CT molecular complexity index is 97.7. The lowest BCUT2D eigenvalue weighted by Crippen LogP contribution is -2.02. The normalized spacial score (nSPS) is 9.40. The molecule has 2 nitrogen and oxygen atoms in total. The van der Waals surface area contributed by atoms with Gasteiger partial charge in [0.15, 0.2) is 0 Å². The van der Waals surface area contributed by atoms with Gasteiger partial charge in [-0.3, -0.25) is 0 Å². The summed E-state index contributed by atoms with van der Waals surface area (Å²) in [4.78, 5) is 0. The first-order chi connectivity index (χ1) is 4.81. The molecule has 0 saturated heterocycles. The van der Waals surface area contributed by atoms with Crippen LogP contribution in [0.4, 0.5) is 0 Å². The largest absolute Gasteiger partial charge is 0.479 e. The van der Waals surface area contributed by atoms with Crippen LogP contribution in [0.3, 0.4) is 0 Å². The SMILES string of the molecule is CCOC(=S)SCCCN. The highest BCUT2D eigenvalue weighted by atomic mass is 32.2. The third-order valence-electron chi connectivity index (χ3n) is 0.831. The average molecular weight is 179 g/mol. The second-order valence-corrected chi connectivity index (χ2v) is 3.37. The smallest absolute Gasteiger partial charge is 0.219 e. The molecule has 0 aliphatic carbocycles. The summed E-state index contributed by atoms with van der Waals surface area (Å²) in [6, 6.07) is 0. The Kier molecular flexibility index (Phi) is 7.45. The second-order valence-electron chi connectivity index (χ2n) is 1.67. The summed E-state index contributed by atoms with van der Waals surface area (Å²) in [6.45, 7) is 3.31. The molecule has 0 unspecified atom stereocenters. The van der Waals surface area contributed by atoms with Gasteiger partial charge in [0.25, 0.3) is 0 Å². The van der Waals surface area contributed by atoms with Crippen LogP contribution < -0.4 is 5.73 Å². The zero-order valence-corrected chi connectivity index (χ0v) is 7.76. The molecule has 0 aliphatic rings. The molecule has 0 heterocycles. The van der Waals surface area contributed by atoms with Gasteiger partial charge in [-0.1, -0.05) is 11.8 Å². The van der Waals surface area contributed by atoms with Gasteiger partial charge in [0.05, 0.1) is 6.61 Å². The lowest BCUT2D eigenvalue weighted by molar-refractivity contribution is 0.346. The van der Waals surface area contributed by atoms with Crippen LogP contribution in [0.1, 0.15) is 13.3 Å². The van der Waals surface area contributed by atoms with Gasteiger partial charge in [-0.25, -0.2) is 0 Å². The Morgan fingerprint density at radius 3 is 2.90 bits per heavy atom. The van der Waals surface area contributed by atoms with Crippen molar-refractivity contribution in [2.75, 3.05) is 18.9 Å². The molecule has 60 valence electrons. The summed E-state index contributed by atoms with van der Waals surface area (Å²) < 4.78 is 5.68. The molecule has 0 radical (unpaired) electrons. The number of thioether (sulfide) groups is 1. The standard InChI is InChI=1S/C6H13NOS2/c1-2-8-6(9)10-5-3-4-7/h2-5,7H2,1H3. The minimum atomic E-state index is 0.635. The van der Waals surface area contributed by atoms with Gasteiger partial charge in [-0.05, 0) is 32.1 Å². The Labute approximate surface area is 71.5 Å². The first kappa shape index (κ1) is 10.2. The highest BCUT2D eigenvalue weighted by Gasteiger charge is 1.94. The fourth-order valence-electron chi connectivity index (χ4n) is 0.398. The molecule has 0 rings (SSSR count). The van der Waals surface area contributed by atoms with Crippen molar-refractivity contribution in [3.8, 4) is 0 Å². The zero-order valence-electron chi connectivity index (χ0n) is 6.13. The molecule has 0 aromatic rings. The predicted octanol–water partition coefficient (Wildman–Crippen LogP) is 1.39. The maximum atomic E-state index is 5.29. The molecule has 0 fully saturated rings. The third-order valence-corrected chi connectivity index (χ3v) is 2.15. The quantitative estimate of drug-likeness (QED) is 0.522. The minimum absolute atomic E-state index is 0.635. The first-order valence-electron chi connectivity index (χ1n) is 3.31. The van der Waals surface area contributed by atoms with Crippen LogP contribution in [0, 0.1) is 0 Å². The highest BCUT2D eigenvalue weighted by Crippen LogP contribution is 2.06. The van der Waals surface area contributed by atoms with E-state index in [0.29, 0.717) is 11.0 Å². The van der Waals surface area contributed by atoms with E-state index in [2.05, 4.69) is 0 Å². The molecule has 0 aromatic carbocycles. The number of hydrogen-bond acceptors (Lipinski definition) is 4.